The van der Waals surface area contributed by atoms with Crippen molar-refractivity contribution in [3.05, 3.63) is 30.1 Å². The lowest BCUT2D eigenvalue weighted by Crippen LogP contribution is -2.31. The van der Waals surface area contributed by atoms with E-state index < -0.39 is 15.8 Å². The Morgan fingerprint density at radius 3 is 2.59 bits per heavy atom. The second-order valence-corrected chi connectivity index (χ2v) is 5.67. The van der Waals surface area contributed by atoms with E-state index in [1.54, 1.807) is 13.8 Å². The molecule has 4 nitrogen and oxygen atoms in total. The Labute approximate surface area is 99.9 Å². The van der Waals surface area contributed by atoms with Gasteiger partial charge in [-0.3, -0.25) is 4.79 Å². The first-order valence-electron chi connectivity index (χ1n) is 5.11. The third kappa shape index (κ3) is 3.90. The molecule has 0 fully saturated rings. The molecule has 0 aromatic heterocycles. The van der Waals surface area contributed by atoms with Crippen molar-refractivity contribution in [1.82, 2.24) is 4.72 Å². The summed E-state index contributed by atoms with van der Waals surface area (Å²) in [6.07, 6.45) is 0. The van der Waals surface area contributed by atoms with Gasteiger partial charge in [0.05, 0.1) is 11.4 Å². The average molecular weight is 259 g/mol. The number of halogens is 1. The molecule has 0 radical (unpaired) electrons. The maximum Gasteiger partial charge on any atom is 0.241 e. The minimum atomic E-state index is -3.82. The van der Waals surface area contributed by atoms with Crippen molar-refractivity contribution in [2.24, 2.45) is 5.92 Å². The molecule has 0 aliphatic carbocycles. The Kier molecular flexibility index (Phi) is 4.36. The number of benzene rings is 1. The molecular formula is C11H14FNO3S. The molecule has 0 spiro atoms. The Bertz CT molecular complexity index is 511. The Morgan fingerprint density at radius 1 is 1.41 bits per heavy atom. The number of sulfonamides is 1. The van der Waals surface area contributed by atoms with E-state index in [4.69, 9.17) is 0 Å². The zero-order valence-corrected chi connectivity index (χ0v) is 10.4. The molecule has 0 saturated heterocycles. The number of rotatable bonds is 5. The highest BCUT2D eigenvalue weighted by atomic mass is 32.2. The SMILES string of the molecule is CC(C)C(=O)CNS(=O)(=O)c1cccc(F)c1. The molecule has 0 saturated carbocycles. The van der Waals surface area contributed by atoms with Gasteiger partial charge in [-0.25, -0.2) is 17.5 Å². The van der Waals surface area contributed by atoms with E-state index in [0.29, 0.717) is 0 Å². The summed E-state index contributed by atoms with van der Waals surface area (Å²) in [4.78, 5) is 11.1. The smallest absolute Gasteiger partial charge is 0.241 e. The van der Waals surface area contributed by atoms with E-state index in [2.05, 4.69) is 4.72 Å². The zero-order valence-electron chi connectivity index (χ0n) is 9.60. The van der Waals surface area contributed by atoms with E-state index in [-0.39, 0.29) is 23.1 Å². The van der Waals surface area contributed by atoms with Crippen molar-refractivity contribution in [2.75, 3.05) is 6.54 Å². The van der Waals surface area contributed by atoms with Crippen LogP contribution >= 0.6 is 0 Å². The molecule has 0 heterocycles. The third-order valence-corrected chi connectivity index (χ3v) is 3.59. The summed E-state index contributed by atoms with van der Waals surface area (Å²) in [5.74, 6) is -1.10. The highest BCUT2D eigenvalue weighted by Crippen LogP contribution is 2.10. The van der Waals surface area contributed by atoms with Crippen LogP contribution in [0.1, 0.15) is 13.8 Å². The summed E-state index contributed by atoms with van der Waals surface area (Å²) >= 11 is 0. The Balaban J connectivity index is 2.80. The number of ketones is 1. The quantitative estimate of drug-likeness (QED) is 0.867. The van der Waals surface area contributed by atoms with Gasteiger partial charge in [0.25, 0.3) is 0 Å². The molecule has 1 aromatic carbocycles. The van der Waals surface area contributed by atoms with Crippen LogP contribution in [0.4, 0.5) is 4.39 Å². The normalized spacial score (nSPS) is 11.8. The van der Waals surface area contributed by atoms with Gasteiger partial charge in [-0.15, -0.1) is 0 Å². The van der Waals surface area contributed by atoms with Crippen LogP contribution in [0.3, 0.4) is 0 Å². The predicted molar refractivity (Wildman–Crippen MR) is 61.4 cm³/mol. The molecule has 17 heavy (non-hydrogen) atoms. The molecule has 6 heteroatoms. The Hall–Kier alpha value is -1.27. The first-order valence-corrected chi connectivity index (χ1v) is 6.59. The third-order valence-electron chi connectivity index (χ3n) is 2.19. The molecule has 0 amide bonds. The molecule has 94 valence electrons. The molecule has 0 aliphatic rings. The Morgan fingerprint density at radius 2 is 2.06 bits per heavy atom. The van der Waals surface area contributed by atoms with E-state index >= 15 is 0 Å². The summed E-state index contributed by atoms with van der Waals surface area (Å²) in [5.41, 5.74) is 0. The number of Topliss-reactive ketones (excluding diaryl/α,β-unsaturated/α-hetero) is 1. The van der Waals surface area contributed by atoms with Crippen molar-refractivity contribution in [2.45, 2.75) is 18.7 Å². The maximum atomic E-state index is 12.9. The molecule has 0 bridgehead atoms. The van der Waals surface area contributed by atoms with E-state index in [0.717, 1.165) is 12.1 Å². The van der Waals surface area contributed by atoms with Gasteiger partial charge in [0.1, 0.15) is 11.6 Å². The molecule has 0 unspecified atom stereocenters. The summed E-state index contributed by atoms with van der Waals surface area (Å²) in [7, 11) is -3.82. The van der Waals surface area contributed by atoms with E-state index in [1.165, 1.54) is 12.1 Å². The van der Waals surface area contributed by atoms with Crippen LogP contribution in [-0.2, 0) is 14.8 Å². The highest BCUT2D eigenvalue weighted by Gasteiger charge is 2.17. The minimum absolute atomic E-state index is 0.186. The van der Waals surface area contributed by atoms with Gasteiger partial charge >= 0.3 is 0 Å². The van der Waals surface area contributed by atoms with Gasteiger partial charge in [-0.05, 0) is 18.2 Å². The van der Waals surface area contributed by atoms with Gasteiger partial charge in [-0.2, -0.15) is 0 Å². The van der Waals surface area contributed by atoms with Crippen LogP contribution in [0.25, 0.3) is 0 Å². The zero-order chi connectivity index (χ0) is 13.1. The summed E-state index contributed by atoms with van der Waals surface area (Å²) in [6.45, 7) is 3.08. The van der Waals surface area contributed by atoms with Gasteiger partial charge in [-0.1, -0.05) is 19.9 Å². The molecular weight excluding hydrogens is 245 g/mol. The van der Waals surface area contributed by atoms with Crippen molar-refractivity contribution < 1.29 is 17.6 Å². The lowest BCUT2D eigenvalue weighted by Gasteiger charge is -2.07. The van der Waals surface area contributed by atoms with E-state index in [9.17, 15) is 17.6 Å². The van der Waals surface area contributed by atoms with E-state index in [1.807, 2.05) is 0 Å². The van der Waals surface area contributed by atoms with Crippen LogP contribution in [0.2, 0.25) is 0 Å². The summed E-state index contributed by atoms with van der Waals surface area (Å²) in [5, 5.41) is 0. The number of hydrogen-bond acceptors (Lipinski definition) is 3. The van der Waals surface area contributed by atoms with Crippen molar-refractivity contribution in [1.29, 1.82) is 0 Å². The second kappa shape index (κ2) is 5.37. The summed E-state index contributed by atoms with van der Waals surface area (Å²) in [6, 6.07) is 4.62. The highest BCUT2D eigenvalue weighted by molar-refractivity contribution is 7.89. The van der Waals surface area contributed by atoms with Crippen LogP contribution in [-0.4, -0.2) is 20.7 Å². The summed E-state index contributed by atoms with van der Waals surface area (Å²) < 4.78 is 38.4. The lowest BCUT2D eigenvalue weighted by molar-refractivity contribution is -0.120. The minimum Gasteiger partial charge on any atom is -0.298 e. The second-order valence-electron chi connectivity index (χ2n) is 3.90. The number of carbonyl (C=O) groups excluding carboxylic acids is 1. The molecule has 1 aromatic rings. The van der Waals surface area contributed by atoms with Gasteiger partial charge in [0, 0.05) is 5.92 Å². The molecule has 1 N–H and O–H groups in total. The number of nitrogens with one attached hydrogen (secondary N) is 1. The maximum absolute atomic E-state index is 12.9. The van der Waals surface area contributed by atoms with Crippen LogP contribution < -0.4 is 4.72 Å². The van der Waals surface area contributed by atoms with Gasteiger partial charge in [0.2, 0.25) is 10.0 Å². The van der Waals surface area contributed by atoms with Gasteiger partial charge in [0.15, 0.2) is 0 Å². The fraction of sp³-hybridized carbons (Fsp3) is 0.364. The molecule has 0 atom stereocenters. The molecule has 1 rings (SSSR count). The fourth-order valence-corrected chi connectivity index (χ4v) is 2.11. The largest absolute Gasteiger partial charge is 0.298 e. The van der Waals surface area contributed by atoms with Crippen molar-refractivity contribution in [3.8, 4) is 0 Å². The first kappa shape index (κ1) is 13.8. The average Bonchev–Trinajstić information content (AvgIpc) is 2.26. The number of hydrogen-bond donors (Lipinski definition) is 1. The van der Waals surface area contributed by atoms with Crippen molar-refractivity contribution >= 4 is 15.8 Å². The van der Waals surface area contributed by atoms with Gasteiger partial charge < -0.3 is 0 Å². The van der Waals surface area contributed by atoms with Crippen LogP contribution in [0.15, 0.2) is 29.2 Å². The monoisotopic (exact) mass is 259 g/mol. The first-order chi connectivity index (χ1) is 7.83. The van der Waals surface area contributed by atoms with Crippen molar-refractivity contribution in [3.63, 3.8) is 0 Å². The standard InChI is InChI=1S/C11H14FNO3S/c1-8(2)11(14)7-13-17(15,16)10-5-3-4-9(12)6-10/h3-6,8,13H,7H2,1-2H3. The predicted octanol–water partition coefficient (Wildman–Crippen LogP) is 1.33. The molecule has 0 aliphatic heterocycles. The lowest BCUT2D eigenvalue weighted by atomic mass is 10.1. The van der Waals surface area contributed by atoms with Crippen LogP contribution in [0, 0.1) is 11.7 Å². The fourth-order valence-electron chi connectivity index (χ4n) is 1.09. The number of carbonyl (C=O) groups is 1. The topological polar surface area (TPSA) is 63.2 Å². The van der Waals surface area contributed by atoms with Crippen LogP contribution in [0.5, 0.6) is 0 Å².